The van der Waals surface area contributed by atoms with E-state index in [1.807, 2.05) is 38.1 Å². The van der Waals surface area contributed by atoms with Crippen LogP contribution in [0.4, 0.5) is 5.82 Å². The van der Waals surface area contributed by atoms with Gasteiger partial charge < -0.3 is 14.4 Å². The van der Waals surface area contributed by atoms with Crippen LogP contribution in [0.3, 0.4) is 0 Å². The normalized spacial score (nSPS) is 20.6. The molecule has 4 rings (SSSR count). The fourth-order valence-electron chi connectivity index (χ4n) is 4.27. The van der Waals surface area contributed by atoms with Crippen molar-refractivity contribution < 1.29 is 14.3 Å². The van der Waals surface area contributed by atoms with Gasteiger partial charge in [0.15, 0.2) is 0 Å². The van der Waals surface area contributed by atoms with Gasteiger partial charge in [0.05, 0.1) is 18.7 Å². The van der Waals surface area contributed by atoms with Crippen molar-refractivity contribution in [1.82, 2.24) is 9.88 Å². The standard InChI is InChI=1S/C22H29N3O3/c1-3-28-22(26)20-16(2)18-6-4-5-7-19(18)23-21(20)25-11-9-24(10-12-25)14-17-8-13-27-15-17/h4-7,17H,3,8-15H2,1-2H3. The van der Waals surface area contributed by atoms with Crippen LogP contribution >= 0.6 is 0 Å². The van der Waals surface area contributed by atoms with Gasteiger partial charge in [-0.05, 0) is 37.8 Å². The molecule has 1 unspecified atom stereocenters. The highest BCUT2D eigenvalue weighted by Gasteiger charge is 2.28. The Hall–Kier alpha value is -2.18. The Morgan fingerprint density at radius 1 is 1.25 bits per heavy atom. The van der Waals surface area contributed by atoms with Crippen LogP contribution in [0.5, 0.6) is 0 Å². The molecule has 2 fully saturated rings. The number of piperazine rings is 1. The van der Waals surface area contributed by atoms with Crippen molar-refractivity contribution in [2.45, 2.75) is 20.3 Å². The van der Waals surface area contributed by atoms with Gasteiger partial charge in [0, 0.05) is 44.7 Å². The maximum absolute atomic E-state index is 12.8. The number of pyridine rings is 1. The Kier molecular flexibility index (Phi) is 5.78. The second-order valence-electron chi connectivity index (χ2n) is 7.69. The lowest BCUT2D eigenvalue weighted by molar-refractivity contribution is 0.0526. The minimum atomic E-state index is -0.279. The maximum atomic E-state index is 12.8. The fourth-order valence-corrected chi connectivity index (χ4v) is 4.27. The van der Waals surface area contributed by atoms with E-state index in [4.69, 9.17) is 14.5 Å². The van der Waals surface area contributed by atoms with Crippen molar-refractivity contribution in [3.05, 3.63) is 35.4 Å². The Bertz CT molecular complexity index is 840. The molecule has 3 heterocycles. The highest BCUT2D eigenvalue weighted by Crippen LogP contribution is 2.30. The monoisotopic (exact) mass is 383 g/mol. The lowest BCUT2D eigenvalue weighted by atomic mass is 10.0. The molecule has 0 spiro atoms. The first-order valence-electron chi connectivity index (χ1n) is 10.3. The molecule has 0 radical (unpaired) electrons. The molecule has 0 saturated carbocycles. The molecular formula is C22H29N3O3. The molecule has 0 amide bonds. The molecule has 0 N–H and O–H groups in total. The van der Waals surface area contributed by atoms with Crippen molar-refractivity contribution in [3.8, 4) is 0 Å². The van der Waals surface area contributed by atoms with Crippen LogP contribution in [0.1, 0.15) is 29.3 Å². The van der Waals surface area contributed by atoms with Gasteiger partial charge in [-0.15, -0.1) is 0 Å². The fraction of sp³-hybridized carbons (Fsp3) is 0.545. The molecule has 2 aliphatic heterocycles. The zero-order valence-corrected chi connectivity index (χ0v) is 16.8. The minimum Gasteiger partial charge on any atom is -0.462 e. The van der Waals surface area contributed by atoms with E-state index in [1.54, 1.807) is 0 Å². The number of nitrogens with zero attached hydrogens (tertiary/aromatic N) is 3. The van der Waals surface area contributed by atoms with Crippen LogP contribution in [0.15, 0.2) is 24.3 Å². The predicted molar refractivity (Wildman–Crippen MR) is 110 cm³/mol. The number of rotatable bonds is 5. The van der Waals surface area contributed by atoms with Crippen molar-refractivity contribution in [1.29, 1.82) is 0 Å². The van der Waals surface area contributed by atoms with Crippen LogP contribution in [-0.2, 0) is 9.47 Å². The number of fused-ring (bicyclic) bond motifs is 1. The van der Waals surface area contributed by atoms with Crippen LogP contribution in [0.2, 0.25) is 0 Å². The summed E-state index contributed by atoms with van der Waals surface area (Å²) in [5.41, 5.74) is 2.48. The Morgan fingerprint density at radius 2 is 2.04 bits per heavy atom. The number of ether oxygens (including phenoxy) is 2. The van der Waals surface area contributed by atoms with Gasteiger partial charge in [-0.3, -0.25) is 4.90 Å². The molecule has 1 atom stereocenters. The first-order valence-corrected chi connectivity index (χ1v) is 10.3. The Balaban J connectivity index is 1.58. The molecular weight excluding hydrogens is 354 g/mol. The lowest BCUT2D eigenvalue weighted by Crippen LogP contribution is -2.48. The summed E-state index contributed by atoms with van der Waals surface area (Å²) in [7, 11) is 0. The Morgan fingerprint density at radius 3 is 2.75 bits per heavy atom. The summed E-state index contributed by atoms with van der Waals surface area (Å²) in [6, 6.07) is 8.00. The van der Waals surface area contributed by atoms with E-state index in [-0.39, 0.29) is 5.97 Å². The summed E-state index contributed by atoms with van der Waals surface area (Å²) in [4.78, 5) is 22.4. The van der Waals surface area contributed by atoms with Gasteiger partial charge in [0.1, 0.15) is 11.4 Å². The van der Waals surface area contributed by atoms with E-state index >= 15 is 0 Å². The summed E-state index contributed by atoms with van der Waals surface area (Å²) < 4.78 is 10.9. The second kappa shape index (κ2) is 8.45. The summed E-state index contributed by atoms with van der Waals surface area (Å²) in [5, 5.41) is 1.01. The highest BCUT2D eigenvalue weighted by atomic mass is 16.5. The van der Waals surface area contributed by atoms with Gasteiger partial charge in [-0.2, -0.15) is 0 Å². The molecule has 2 saturated heterocycles. The van der Waals surface area contributed by atoms with E-state index in [1.165, 1.54) is 6.42 Å². The zero-order valence-electron chi connectivity index (χ0n) is 16.8. The second-order valence-corrected chi connectivity index (χ2v) is 7.69. The van der Waals surface area contributed by atoms with Crippen molar-refractivity contribution >= 4 is 22.7 Å². The summed E-state index contributed by atoms with van der Waals surface area (Å²) in [6.07, 6.45) is 1.17. The Labute approximate surface area is 166 Å². The number of benzene rings is 1. The minimum absolute atomic E-state index is 0.279. The van der Waals surface area contributed by atoms with Gasteiger partial charge in [-0.1, -0.05) is 18.2 Å². The topological polar surface area (TPSA) is 54.9 Å². The largest absolute Gasteiger partial charge is 0.462 e. The van der Waals surface area contributed by atoms with Gasteiger partial charge in [0.2, 0.25) is 0 Å². The first kappa shape index (κ1) is 19.2. The third-order valence-electron chi connectivity index (χ3n) is 5.82. The molecule has 6 heteroatoms. The molecule has 0 bridgehead atoms. The first-order chi connectivity index (χ1) is 13.7. The molecule has 1 aromatic heterocycles. The molecule has 150 valence electrons. The van der Waals surface area contributed by atoms with Crippen molar-refractivity contribution in [2.75, 3.05) is 57.4 Å². The number of hydrogen-bond donors (Lipinski definition) is 0. The summed E-state index contributed by atoms with van der Waals surface area (Å²) in [5.74, 6) is 1.14. The number of aryl methyl sites for hydroxylation is 1. The number of hydrogen-bond acceptors (Lipinski definition) is 6. The predicted octanol–water partition coefficient (Wildman–Crippen LogP) is 2.88. The van der Waals surface area contributed by atoms with Crippen LogP contribution in [0.25, 0.3) is 10.9 Å². The molecule has 2 aromatic rings. The van der Waals surface area contributed by atoms with E-state index in [9.17, 15) is 4.79 Å². The molecule has 28 heavy (non-hydrogen) atoms. The third-order valence-corrected chi connectivity index (χ3v) is 5.82. The van der Waals surface area contributed by atoms with Gasteiger partial charge >= 0.3 is 5.97 Å². The highest BCUT2D eigenvalue weighted by molar-refractivity contribution is 6.02. The zero-order chi connectivity index (χ0) is 19.5. The molecule has 2 aliphatic rings. The number of esters is 1. The van der Waals surface area contributed by atoms with E-state index in [0.29, 0.717) is 18.1 Å². The van der Waals surface area contributed by atoms with Gasteiger partial charge in [0.25, 0.3) is 0 Å². The number of anilines is 1. The number of para-hydroxylation sites is 1. The summed E-state index contributed by atoms with van der Waals surface area (Å²) >= 11 is 0. The maximum Gasteiger partial charge on any atom is 0.342 e. The summed E-state index contributed by atoms with van der Waals surface area (Å²) in [6.45, 7) is 10.8. The smallest absolute Gasteiger partial charge is 0.342 e. The lowest BCUT2D eigenvalue weighted by Gasteiger charge is -2.37. The van der Waals surface area contributed by atoms with Crippen molar-refractivity contribution in [3.63, 3.8) is 0 Å². The average Bonchev–Trinajstić information content (AvgIpc) is 3.22. The van der Waals surface area contributed by atoms with E-state index in [2.05, 4.69) is 9.80 Å². The number of carbonyl (C=O) groups is 1. The number of aromatic nitrogens is 1. The van der Waals surface area contributed by atoms with E-state index in [0.717, 1.165) is 68.2 Å². The van der Waals surface area contributed by atoms with Gasteiger partial charge in [-0.25, -0.2) is 9.78 Å². The average molecular weight is 383 g/mol. The number of carbonyl (C=O) groups excluding carboxylic acids is 1. The van der Waals surface area contributed by atoms with E-state index < -0.39 is 0 Å². The van der Waals surface area contributed by atoms with Crippen molar-refractivity contribution in [2.24, 2.45) is 5.92 Å². The molecule has 1 aromatic carbocycles. The quantitative estimate of drug-likeness (QED) is 0.740. The SMILES string of the molecule is CCOC(=O)c1c(N2CCN(CC3CCOC3)CC2)nc2ccccc2c1C. The molecule has 6 nitrogen and oxygen atoms in total. The van der Waals surface area contributed by atoms with Crippen LogP contribution in [-0.4, -0.2) is 68.4 Å². The van der Waals surface area contributed by atoms with Crippen LogP contribution in [0, 0.1) is 12.8 Å². The van der Waals surface area contributed by atoms with Crippen LogP contribution < -0.4 is 4.90 Å². The third kappa shape index (κ3) is 3.84. The molecule has 0 aliphatic carbocycles.